The molecule has 0 saturated heterocycles. The van der Waals surface area contributed by atoms with E-state index in [1.54, 1.807) is 19.2 Å². The van der Waals surface area contributed by atoms with E-state index in [9.17, 15) is 9.90 Å². The molecule has 5 heteroatoms. The molecule has 0 saturated carbocycles. The molecule has 0 aromatic heterocycles. The summed E-state index contributed by atoms with van der Waals surface area (Å²) < 4.78 is 15.0. The normalized spacial score (nSPS) is 12.2. The molecule has 0 heterocycles. The third-order valence-electron chi connectivity index (χ3n) is 2.93. The van der Waals surface area contributed by atoms with Gasteiger partial charge in [0.05, 0.1) is 21.3 Å². The summed E-state index contributed by atoms with van der Waals surface area (Å²) in [5.41, 5.74) is 1.29. The standard InChI is InChI=1S/C14H20O5/c1-8(2)9-6-11(17-3)12(18-4)7-10(9)13(15)14(16)19-5/h6-8,13,15H,1-5H3. The molecule has 1 aromatic rings. The first-order valence-electron chi connectivity index (χ1n) is 5.97. The summed E-state index contributed by atoms with van der Waals surface area (Å²) in [6, 6.07) is 3.38. The fourth-order valence-electron chi connectivity index (χ4n) is 1.89. The summed E-state index contributed by atoms with van der Waals surface area (Å²) in [4.78, 5) is 11.5. The van der Waals surface area contributed by atoms with Crippen molar-refractivity contribution in [3.8, 4) is 11.5 Å². The average molecular weight is 268 g/mol. The van der Waals surface area contributed by atoms with Gasteiger partial charge in [-0.05, 0) is 29.2 Å². The van der Waals surface area contributed by atoms with Crippen molar-refractivity contribution < 1.29 is 24.1 Å². The van der Waals surface area contributed by atoms with Gasteiger partial charge >= 0.3 is 5.97 Å². The van der Waals surface area contributed by atoms with Crippen molar-refractivity contribution in [3.05, 3.63) is 23.3 Å². The summed E-state index contributed by atoms with van der Waals surface area (Å²) >= 11 is 0. The predicted octanol–water partition coefficient (Wildman–Crippen LogP) is 2.03. The fourth-order valence-corrected chi connectivity index (χ4v) is 1.89. The van der Waals surface area contributed by atoms with Crippen LogP contribution in [0.5, 0.6) is 11.5 Å². The summed E-state index contributed by atoms with van der Waals surface area (Å²) in [5, 5.41) is 10.0. The van der Waals surface area contributed by atoms with Gasteiger partial charge < -0.3 is 19.3 Å². The molecular formula is C14H20O5. The smallest absolute Gasteiger partial charge is 0.339 e. The third kappa shape index (κ3) is 3.17. The van der Waals surface area contributed by atoms with Gasteiger partial charge in [-0.1, -0.05) is 13.8 Å². The number of aliphatic hydroxyl groups is 1. The molecule has 0 aliphatic carbocycles. The minimum absolute atomic E-state index is 0.120. The molecular weight excluding hydrogens is 248 g/mol. The number of carbonyl (C=O) groups is 1. The monoisotopic (exact) mass is 268 g/mol. The van der Waals surface area contributed by atoms with Gasteiger partial charge in [-0.3, -0.25) is 0 Å². The minimum atomic E-state index is -1.33. The molecule has 1 rings (SSSR count). The lowest BCUT2D eigenvalue weighted by atomic mass is 9.93. The fraction of sp³-hybridized carbons (Fsp3) is 0.500. The molecule has 0 aliphatic rings. The van der Waals surface area contributed by atoms with E-state index in [1.165, 1.54) is 14.2 Å². The first-order valence-corrected chi connectivity index (χ1v) is 5.97. The average Bonchev–Trinajstić information content (AvgIpc) is 2.43. The lowest BCUT2D eigenvalue weighted by molar-refractivity contribution is -0.150. The lowest BCUT2D eigenvalue weighted by Crippen LogP contribution is -2.16. The quantitative estimate of drug-likeness (QED) is 0.828. The van der Waals surface area contributed by atoms with Crippen LogP contribution in [0.25, 0.3) is 0 Å². The Hall–Kier alpha value is -1.75. The number of carbonyl (C=O) groups excluding carboxylic acids is 1. The van der Waals surface area contributed by atoms with Crippen LogP contribution in [0.2, 0.25) is 0 Å². The SMILES string of the molecule is COC(=O)C(O)c1cc(OC)c(OC)cc1C(C)C. The number of benzene rings is 1. The molecule has 0 radical (unpaired) electrons. The van der Waals surface area contributed by atoms with Crippen molar-refractivity contribution in [2.45, 2.75) is 25.9 Å². The molecule has 0 fully saturated rings. The summed E-state index contributed by atoms with van der Waals surface area (Å²) in [6.45, 7) is 3.93. The number of hydrogen-bond acceptors (Lipinski definition) is 5. The highest BCUT2D eigenvalue weighted by Gasteiger charge is 2.24. The maximum absolute atomic E-state index is 11.5. The molecule has 5 nitrogen and oxygen atoms in total. The van der Waals surface area contributed by atoms with Crippen molar-refractivity contribution in [2.75, 3.05) is 21.3 Å². The summed E-state index contributed by atoms with van der Waals surface area (Å²) in [7, 11) is 4.28. The van der Waals surface area contributed by atoms with Gasteiger partial charge in [0, 0.05) is 0 Å². The second kappa shape index (κ2) is 6.43. The van der Waals surface area contributed by atoms with E-state index in [1.807, 2.05) is 13.8 Å². The lowest BCUT2D eigenvalue weighted by Gasteiger charge is -2.19. The van der Waals surface area contributed by atoms with Crippen LogP contribution in [0.15, 0.2) is 12.1 Å². The number of esters is 1. The number of ether oxygens (including phenoxy) is 3. The second-order valence-electron chi connectivity index (χ2n) is 4.42. The zero-order valence-electron chi connectivity index (χ0n) is 11.9. The maximum Gasteiger partial charge on any atom is 0.339 e. The van der Waals surface area contributed by atoms with Crippen LogP contribution in [0.4, 0.5) is 0 Å². The molecule has 0 aliphatic heterocycles. The van der Waals surface area contributed by atoms with Crippen LogP contribution < -0.4 is 9.47 Å². The summed E-state index contributed by atoms with van der Waals surface area (Å²) in [5.74, 6) is 0.445. The predicted molar refractivity (Wildman–Crippen MR) is 70.6 cm³/mol. The van der Waals surface area contributed by atoms with Crippen LogP contribution in [-0.2, 0) is 9.53 Å². The Morgan fingerprint density at radius 1 is 1.05 bits per heavy atom. The number of rotatable bonds is 5. The Morgan fingerprint density at radius 3 is 1.89 bits per heavy atom. The maximum atomic E-state index is 11.5. The number of methoxy groups -OCH3 is 3. The van der Waals surface area contributed by atoms with Crippen LogP contribution in [-0.4, -0.2) is 32.4 Å². The molecule has 1 aromatic carbocycles. The first kappa shape index (κ1) is 15.3. The van der Waals surface area contributed by atoms with Gasteiger partial charge in [-0.2, -0.15) is 0 Å². The van der Waals surface area contributed by atoms with E-state index < -0.39 is 12.1 Å². The van der Waals surface area contributed by atoms with E-state index in [-0.39, 0.29) is 5.92 Å². The van der Waals surface area contributed by atoms with Crippen molar-refractivity contribution in [2.24, 2.45) is 0 Å². The third-order valence-corrected chi connectivity index (χ3v) is 2.93. The molecule has 0 bridgehead atoms. The molecule has 1 atom stereocenters. The van der Waals surface area contributed by atoms with Gasteiger partial charge in [-0.15, -0.1) is 0 Å². The largest absolute Gasteiger partial charge is 0.493 e. The van der Waals surface area contributed by atoms with E-state index >= 15 is 0 Å². The van der Waals surface area contributed by atoms with Crippen LogP contribution in [0.3, 0.4) is 0 Å². The Balaban J connectivity index is 3.39. The van der Waals surface area contributed by atoms with Crippen molar-refractivity contribution in [1.82, 2.24) is 0 Å². The highest BCUT2D eigenvalue weighted by Crippen LogP contribution is 2.36. The zero-order chi connectivity index (χ0) is 14.6. The first-order chi connectivity index (χ1) is 8.96. The van der Waals surface area contributed by atoms with Gasteiger partial charge in [0.15, 0.2) is 17.6 Å². The van der Waals surface area contributed by atoms with E-state index in [2.05, 4.69) is 4.74 Å². The van der Waals surface area contributed by atoms with E-state index in [4.69, 9.17) is 9.47 Å². The molecule has 1 N–H and O–H groups in total. The molecule has 0 spiro atoms. The van der Waals surface area contributed by atoms with Crippen LogP contribution in [0, 0.1) is 0 Å². The van der Waals surface area contributed by atoms with E-state index in [0.29, 0.717) is 17.1 Å². The molecule has 19 heavy (non-hydrogen) atoms. The molecule has 106 valence electrons. The molecule has 1 unspecified atom stereocenters. The van der Waals surface area contributed by atoms with Crippen molar-refractivity contribution in [3.63, 3.8) is 0 Å². The number of hydrogen-bond donors (Lipinski definition) is 1. The summed E-state index contributed by atoms with van der Waals surface area (Å²) in [6.07, 6.45) is -1.33. The minimum Gasteiger partial charge on any atom is -0.493 e. The van der Waals surface area contributed by atoms with Gasteiger partial charge in [0.2, 0.25) is 0 Å². The van der Waals surface area contributed by atoms with E-state index in [0.717, 1.165) is 5.56 Å². The van der Waals surface area contributed by atoms with Gasteiger partial charge in [0.25, 0.3) is 0 Å². The zero-order valence-corrected chi connectivity index (χ0v) is 11.9. The second-order valence-corrected chi connectivity index (χ2v) is 4.42. The Bertz CT molecular complexity index is 453. The Kier molecular flexibility index (Phi) is 5.18. The topological polar surface area (TPSA) is 65.0 Å². The van der Waals surface area contributed by atoms with Crippen molar-refractivity contribution >= 4 is 5.97 Å². The Labute approximate surface area is 113 Å². The highest BCUT2D eigenvalue weighted by molar-refractivity contribution is 5.77. The van der Waals surface area contributed by atoms with Crippen molar-refractivity contribution in [1.29, 1.82) is 0 Å². The van der Waals surface area contributed by atoms with Gasteiger partial charge in [-0.25, -0.2) is 4.79 Å². The molecule has 0 amide bonds. The van der Waals surface area contributed by atoms with Gasteiger partial charge in [0.1, 0.15) is 0 Å². The Morgan fingerprint density at radius 2 is 1.53 bits per heavy atom. The highest BCUT2D eigenvalue weighted by atomic mass is 16.5. The van der Waals surface area contributed by atoms with Crippen LogP contribution >= 0.6 is 0 Å². The van der Waals surface area contributed by atoms with Crippen LogP contribution in [0.1, 0.15) is 37.0 Å². The number of aliphatic hydroxyl groups excluding tert-OH is 1.